The third kappa shape index (κ3) is 3.04. The summed E-state index contributed by atoms with van der Waals surface area (Å²) >= 11 is 0. The average molecular weight is 134 g/mol. The van der Waals surface area contributed by atoms with Crippen molar-refractivity contribution >= 4 is 35.3 Å². The number of hydrogen-bond acceptors (Lipinski definition) is 2. The van der Waals surface area contributed by atoms with Crippen LogP contribution in [0.15, 0.2) is 11.8 Å². The van der Waals surface area contributed by atoms with Crippen LogP contribution in [0.4, 0.5) is 0 Å². The Labute approximate surface area is 76.8 Å². The maximum atomic E-state index is 10.5. The molecule has 0 atom stereocenters. The van der Waals surface area contributed by atoms with Gasteiger partial charge in [-0.15, -0.1) is 0 Å². The van der Waals surface area contributed by atoms with Crippen LogP contribution in [0.5, 0.6) is 0 Å². The van der Waals surface area contributed by atoms with E-state index in [1.54, 1.807) is 0 Å². The maximum Gasteiger partial charge on any atom is 0.157 e. The second-order valence-corrected chi connectivity index (χ2v) is 2.04. The molecule has 1 rings (SSSR count). The van der Waals surface area contributed by atoms with Crippen molar-refractivity contribution in [3.8, 4) is 0 Å². The molecule has 0 aromatic rings. The Morgan fingerprint density at radius 1 is 1.44 bits per heavy atom. The van der Waals surface area contributed by atoms with Gasteiger partial charge in [0.05, 0.1) is 0 Å². The van der Waals surface area contributed by atoms with E-state index in [9.17, 15) is 4.79 Å². The summed E-state index contributed by atoms with van der Waals surface area (Å²) in [5.74, 6) is 0.175. The molecule has 9 heavy (non-hydrogen) atoms. The van der Waals surface area contributed by atoms with Crippen molar-refractivity contribution in [3.05, 3.63) is 11.8 Å². The Morgan fingerprint density at radius 3 is 2.44 bits per heavy atom. The van der Waals surface area contributed by atoms with E-state index in [4.69, 9.17) is 5.73 Å². The maximum absolute atomic E-state index is 10.5. The molecule has 0 bridgehead atoms. The first-order valence-electron chi connectivity index (χ1n) is 2.78. The molecular weight excluding hydrogens is 125 g/mol. The minimum Gasteiger partial charge on any atom is -0.402 e. The van der Waals surface area contributed by atoms with Crippen molar-refractivity contribution in [3.63, 3.8) is 0 Å². The number of allylic oxidation sites excluding steroid dienone is 2. The van der Waals surface area contributed by atoms with E-state index in [1.807, 2.05) is 0 Å². The van der Waals surface area contributed by atoms with E-state index in [-0.39, 0.29) is 35.3 Å². The molecular formula is C6H9NNaO. The normalized spacial score (nSPS) is 18.2. The monoisotopic (exact) mass is 134 g/mol. The summed E-state index contributed by atoms with van der Waals surface area (Å²) in [6.45, 7) is 0. The minimum atomic E-state index is 0. The van der Waals surface area contributed by atoms with Crippen molar-refractivity contribution in [2.75, 3.05) is 0 Å². The largest absolute Gasteiger partial charge is 0.402 e. The average Bonchev–Trinajstić information content (AvgIpc) is 1.64. The van der Waals surface area contributed by atoms with Gasteiger partial charge in [-0.3, -0.25) is 4.79 Å². The molecule has 0 heterocycles. The van der Waals surface area contributed by atoms with Crippen LogP contribution in [-0.4, -0.2) is 35.3 Å². The van der Waals surface area contributed by atoms with E-state index in [0.717, 1.165) is 18.5 Å². The van der Waals surface area contributed by atoms with Gasteiger partial charge >= 0.3 is 0 Å². The summed E-state index contributed by atoms with van der Waals surface area (Å²) in [4.78, 5) is 10.5. The molecule has 0 spiro atoms. The topological polar surface area (TPSA) is 43.1 Å². The number of hydrogen-bond donors (Lipinski definition) is 1. The predicted molar refractivity (Wildman–Crippen MR) is 36.9 cm³/mol. The molecule has 0 aliphatic heterocycles. The molecule has 0 saturated carbocycles. The fourth-order valence-corrected chi connectivity index (χ4v) is 0.818. The third-order valence-corrected chi connectivity index (χ3v) is 1.24. The van der Waals surface area contributed by atoms with Crippen LogP contribution >= 0.6 is 0 Å². The molecule has 1 radical (unpaired) electrons. The number of carbonyl (C=O) groups is 1. The Morgan fingerprint density at radius 2 is 2.11 bits per heavy atom. The third-order valence-electron chi connectivity index (χ3n) is 1.24. The summed E-state index contributed by atoms with van der Waals surface area (Å²) in [5, 5.41) is 0. The van der Waals surface area contributed by atoms with E-state index in [0.29, 0.717) is 6.42 Å². The Kier molecular flexibility index (Phi) is 4.19. The van der Waals surface area contributed by atoms with Crippen molar-refractivity contribution in [2.45, 2.75) is 19.3 Å². The molecule has 2 N–H and O–H groups in total. The van der Waals surface area contributed by atoms with E-state index < -0.39 is 0 Å². The van der Waals surface area contributed by atoms with E-state index >= 15 is 0 Å². The van der Waals surface area contributed by atoms with Crippen LogP contribution in [0.25, 0.3) is 0 Å². The molecule has 1 aliphatic carbocycles. The molecule has 0 amide bonds. The molecule has 45 valence electrons. The van der Waals surface area contributed by atoms with Crippen molar-refractivity contribution in [1.29, 1.82) is 0 Å². The number of carbonyl (C=O) groups excluding carboxylic acids is 1. The van der Waals surface area contributed by atoms with Gasteiger partial charge in [0.25, 0.3) is 0 Å². The van der Waals surface area contributed by atoms with Gasteiger partial charge in [-0.1, -0.05) is 0 Å². The second kappa shape index (κ2) is 4.09. The quantitative estimate of drug-likeness (QED) is 0.481. The van der Waals surface area contributed by atoms with Gasteiger partial charge in [-0.25, -0.2) is 0 Å². The van der Waals surface area contributed by atoms with Crippen LogP contribution in [0.2, 0.25) is 0 Å². The molecule has 3 heteroatoms. The van der Waals surface area contributed by atoms with Gasteiger partial charge < -0.3 is 5.73 Å². The van der Waals surface area contributed by atoms with Crippen LogP contribution in [0.3, 0.4) is 0 Å². The first-order valence-corrected chi connectivity index (χ1v) is 2.78. The molecule has 0 unspecified atom stereocenters. The Bertz CT molecular complexity index is 142. The summed E-state index contributed by atoms with van der Waals surface area (Å²) in [6.07, 6.45) is 4.04. The van der Waals surface area contributed by atoms with Gasteiger partial charge in [-0.05, 0) is 18.9 Å². The van der Waals surface area contributed by atoms with Crippen LogP contribution < -0.4 is 5.73 Å². The fourth-order valence-electron chi connectivity index (χ4n) is 0.818. The zero-order chi connectivity index (χ0) is 5.98. The molecule has 2 nitrogen and oxygen atoms in total. The van der Waals surface area contributed by atoms with Crippen molar-refractivity contribution in [1.82, 2.24) is 0 Å². The summed E-state index contributed by atoms with van der Waals surface area (Å²) in [5.41, 5.74) is 6.10. The number of ketones is 1. The number of rotatable bonds is 0. The zero-order valence-electron chi connectivity index (χ0n) is 5.68. The molecule has 0 aromatic carbocycles. The van der Waals surface area contributed by atoms with E-state index in [1.165, 1.54) is 6.08 Å². The zero-order valence-corrected chi connectivity index (χ0v) is 7.68. The van der Waals surface area contributed by atoms with Gasteiger partial charge in [0.15, 0.2) is 5.78 Å². The van der Waals surface area contributed by atoms with Crippen LogP contribution in [0, 0.1) is 0 Å². The first-order chi connectivity index (χ1) is 3.79. The number of nitrogens with two attached hydrogens (primary N) is 1. The summed E-state index contributed by atoms with van der Waals surface area (Å²) in [6, 6.07) is 0. The molecule has 1 aliphatic rings. The summed E-state index contributed by atoms with van der Waals surface area (Å²) < 4.78 is 0. The Hall–Kier alpha value is 0.210. The van der Waals surface area contributed by atoms with E-state index in [2.05, 4.69) is 0 Å². The molecule has 0 fully saturated rings. The first kappa shape index (κ1) is 9.21. The smallest absolute Gasteiger partial charge is 0.157 e. The van der Waals surface area contributed by atoms with Crippen molar-refractivity contribution in [2.24, 2.45) is 5.73 Å². The van der Waals surface area contributed by atoms with Gasteiger partial charge in [0.2, 0.25) is 0 Å². The Balaban J connectivity index is 0.000000640. The summed E-state index contributed by atoms with van der Waals surface area (Å²) in [7, 11) is 0. The van der Waals surface area contributed by atoms with Gasteiger partial charge in [0, 0.05) is 41.7 Å². The standard InChI is InChI=1S/C6H9NO.Na/c7-5-2-1-3-6(8)4-5;/h4H,1-3,7H2;. The van der Waals surface area contributed by atoms with Crippen molar-refractivity contribution < 1.29 is 4.79 Å². The second-order valence-electron chi connectivity index (χ2n) is 2.04. The molecule has 0 saturated heterocycles. The SMILES string of the molecule is NC1=CC(=O)CCC1.[Na]. The van der Waals surface area contributed by atoms with Gasteiger partial charge in [-0.2, -0.15) is 0 Å². The van der Waals surface area contributed by atoms with Crippen LogP contribution in [-0.2, 0) is 4.79 Å². The minimum absolute atomic E-state index is 0. The predicted octanol–water partition coefficient (Wildman–Crippen LogP) is 0.201. The molecule has 0 aromatic heterocycles. The van der Waals surface area contributed by atoms with Crippen LogP contribution in [0.1, 0.15) is 19.3 Å². The fraction of sp³-hybridized carbons (Fsp3) is 0.500. The van der Waals surface area contributed by atoms with Gasteiger partial charge in [0.1, 0.15) is 0 Å².